The molecule has 1 saturated carbocycles. The first-order valence-corrected chi connectivity index (χ1v) is 7.58. The Morgan fingerprint density at radius 2 is 2.26 bits per heavy atom. The quantitative estimate of drug-likeness (QED) is 0.845. The van der Waals surface area contributed by atoms with Crippen LogP contribution in [0.15, 0.2) is 28.7 Å². The molecule has 3 nitrogen and oxygen atoms in total. The van der Waals surface area contributed by atoms with Gasteiger partial charge in [0.05, 0.1) is 5.54 Å². The highest BCUT2D eigenvalue weighted by molar-refractivity contribution is 9.10. The van der Waals surface area contributed by atoms with Gasteiger partial charge in [-0.1, -0.05) is 28.1 Å². The molecule has 1 amide bonds. The lowest BCUT2D eigenvalue weighted by Crippen LogP contribution is -2.53. The second-order valence-corrected chi connectivity index (χ2v) is 6.49. The van der Waals surface area contributed by atoms with Gasteiger partial charge < -0.3 is 11.1 Å². The summed E-state index contributed by atoms with van der Waals surface area (Å²) in [5.74, 6) is 0.659. The van der Waals surface area contributed by atoms with Crippen molar-refractivity contribution in [3.63, 3.8) is 0 Å². The predicted molar refractivity (Wildman–Crippen MR) is 80.8 cm³/mol. The number of amides is 1. The van der Waals surface area contributed by atoms with E-state index >= 15 is 0 Å². The van der Waals surface area contributed by atoms with Crippen LogP contribution in [0.4, 0.5) is 0 Å². The normalized spacial score (nSPS) is 17.8. The zero-order chi connectivity index (χ0) is 13.9. The SMILES string of the molecule is CC(CN)(NC(=O)CCc1cccc(Br)c1)C1CC1. The van der Waals surface area contributed by atoms with Crippen LogP contribution in [-0.4, -0.2) is 18.0 Å². The minimum Gasteiger partial charge on any atom is -0.349 e. The first-order chi connectivity index (χ1) is 9.03. The standard InChI is InChI=1S/C15H21BrN2O/c1-15(10-17,12-6-7-12)18-14(19)8-5-11-3-2-4-13(16)9-11/h2-4,9,12H,5-8,10,17H2,1H3,(H,18,19). The van der Waals surface area contributed by atoms with E-state index < -0.39 is 0 Å². The van der Waals surface area contributed by atoms with E-state index in [0.29, 0.717) is 18.9 Å². The lowest BCUT2D eigenvalue weighted by atomic mass is 9.95. The summed E-state index contributed by atoms with van der Waals surface area (Å²) in [5.41, 5.74) is 6.76. The van der Waals surface area contributed by atoms with Crippen molar-refractivity contribution in [2.45, 2.75) is 38.1 Å². The van der Waals surface area contributed by atoms with Crippen LogP contribution < -0.4 is 11.1 Å². The number of aryl methyl sites for hydroxylation is 1. The van der Waals surface area contributed by atoms with Crippen molar-refractivity contribution in [1.82, 2.24) is 5.32 Å². The fourth-order valence-electron chi connectivity index (χ4n) is 2.37. The number of benzene rings is 1. The Morgan fingerprint density at radius 1 is 1.53 bits per heavy atom. The van der Waals surface area contributed by atoms with Crippen LogP contribution in [0.2, 0.25) is 0 Å². The van der Waals surface area contributed by atoms with Gasteiger partial charge in [-0.2, -0.15) is 0 Å². The van der Waals surface area contributed by atoms with Gasteiger partial charge in [-0.3, -0.25) is 4.79 Å². The molecule has 1 aromatic carbocycles. The smallest absolute Gasteiger partial charge is 0.220 e. The number of rotatable bonds is 6. The van der Waals surface area contributed by atoms with E-state index in [1.165, 1.54) is 18.4 Å². The summed E-state index contributed by atoms with van der Waals surface area (Å²) >= 11 is 3.44. The number of carbonyl (C=O) groups excluding carboxylic acids is 1. The largest absolute Gasteiger partial charge is 0.349 e. The Balaban J connectivity index is 1.84. The fraction of sp³-hybridized carbons (Fsp3) is 0.533. The van der Waals surface area contributed by atoms with E-state index in [1.54, 1.807) is 0 Å². The summed E-state index contributed by atoms with van der Waals surface area (Å²) in [5, 5.41) is 3.11. The third-order valence-electron chi connectivity index (χ3n) is 3.86. The van der Waals surface area contributed by atoms with E-state index in [-0.39, 0.29) is 11.4 Å². The molecule has 0 bridgehead atoms. The van der Waals surface area contributed by atoms with Crippen molar-refractivity contribution >= 4 is 21.8 Å². The van der Waals surface area contributed by atoms with Gasteiger partial charge in [-0.25, -0.2) is 0 Å². The molecule has 1 unspecified atom stereocenters. The maximum absolute atomic E-state index is 12.0. The van der Waals surface area contributed by atoms with Crippen molar-refractivity contribution in [1.29, 1.82) is 0 Å². The molecule has 1 aliphatic rings. The molecule has 1 aliphatic carbocycles. The third kappa shape index (κ3) is 4.05. The van der Waals surface area contributed by atoms with Gasteiger partial charge in [-0.05, 0) is 49.8 Å². The Bertz CT molecular complexity index is 459. The Morgan fingerprint density at radius 3 is 2.84 bits per heavy atom. The molecule has 0 heterocycles. The molecule has 0 spiro atoms. The minimum absolute atomic E-state index is 0.0971. The summed E-state index contributed by atoms with van der Waals surface area (Å²) in [6.07, 6.45) is 3.63. The van der Waals surface area contributed by atoms with Crippen molar-refractivity contribution < 1.29 is 4.79 Å². The highest BCUT2D eigenvalue weighted by Gasteiger charge is 2.41. The maximum atomic E-state index is 12.0. The molecule has 0 aliphatic heterocycles. The lowest BCUT2D eigenvalue weighted by molar-refractivity contribution is -0.123. The monoisotopic (exact) mass is 324 g/mol. The minimum atomic E-state index is -0.214. The number of carbonyl (C=O) groups is 1. The second-order valence-electron chi connectivity index (χ2n) is 5.57. The number of hydrogen-bond donors (Lipinski definition) is 2. The van der Waals surface area contributed by atoms with Crippen LogP contribution in [0.3, 0.4) is 0 Å². The van der Waals surface area contributed by atoms with E-state index in [2.05, 4.69) is 34.2 Å². The zero-order valence-corrected chi connectivity index (χ0v) is 12.9. The first kappa shape index (κ1) is 14.5. The summed E-state index contributed by atoms with van der Waals surface area (Å²) in [6, 6.07) is 8.07. The number of nitrogens with two attached hydrogens (primary N) is 1. The summed E-state index contributed by atoms with van der Waals surface area (Å²) in [6.45, 7) is 2.57. The molecule has 4 heteroatoms. The molecule has 0 saturated heterocycles. The molecule has 104 valence electrons. The fourth-order valence-corrected chi connectivity index (χ4v) is 2.82. The van der Waals surface area contributed by atoms with Gasteiger partial charge in [0.1, 0.15) is 0 Å². The average molecular weight is 325 g/mol. The lowest BCUT2D eigenvalue weighted by Gasteiger charge is -2.29. The van der Waals surface area contributed by atoms with Crippen LogP contribution in [-0.2, 0) is 11.2 Å². The first-order valence-electron chi connectivity index (χ1n) is 6.79. The summed E-state index contributed by atoms with van der Waals surface area (Å²) < 4.78 is 1.05. The number of nitrogens with one attached hydrogen (secondary N) is 1. The van der Waals surface area contributed by atoms with Crippen molar-refractivity contribution in [2.24, 2.45) is 11.7 Å². The molecule has 2 rings (SSSR count). The van der Waals surface area contributed by atoms with E-state index in [0.717, 1.165) is 10.9 Å². The molecule has 0 radical (unpaired) electrons. The van der Waals surface area contributed by atoms with Crippen LogP contribution >= 0.6 is 15.9 Å². The van der Waals surface area contributed by atoms with Crippen LogP contribution in [0.1, 0.15) is 31.7 Å². The number of hydrogen-bond acceptors (Lipinski definition) is 2. The van der Waals surface area contributed by atoms with E-state index in [4.69, 9.17) is 5.73 Å². The summed E-state index contributed by atoms with van der Waals surface area (Å²) in [4.78, 5) is 12.0. The molecular formula is C15H21BrN2O. The predicted octanol–water partition coefficient (Wildman–Crippen LogP) is 2.63. The van der Waals surface area contributed by atoms with Gasteiger partial charge in [0.2, 0.25) is 5.91 Å². The molecule has 0 aromatic heterocycles. The topological polar surface area (TPSA) is 55.1 Å². The van der Waals surface area contributed by atoms with E-state index in [1.807, 2.05) is 18.2 Å². The van der Waals surface area contributed by atoms with Gasteiger partial charge >= 0.3 is 0 Å². The Labute approximate surface area is 123 Å². The number of halogens is 1. The molecule has 1 aromatic rings. The maximum Gasteiger partial charge on any atom is 0.220 e. The van der Waals surface area contributed by atoms with Gasteiger partial charge in [0.15, 0.2) is 0 Å². The zero-order valence-electron chi connectivity index (χ0n) is 11.3. The molecule has 1 fully saturated rings. The van der Waals surface area contributed by atoms with Crippen molar-refractivity contribution in [3.8, 4) is 0 Å². The summed E-state index contributed by atoms with van der Waals surface area (Å²) in [7, 11) is 0. The van der Waals surface area contributed by atoms with E-state index in [9.17, 15) is 4.79 Å². The Kier molecular flexibility index (Phi) is 4.63. The van der Waals surface area contributed by atoms with Crippen molar-refractivity contribution in [2.75, 3.05) is 6.54 Å². The molecule has 1 atom stereocenters. The highest BCUT2D eigenvalue weighted by Crippen LogP contribution is 2.38. The highest BCUT2D eigenvalue weighted by atomic mass is 79.9. The van der Waals surface area contributed by atoms with Gasteiger partial charge in [0.25, 0.3) is 0 Å². The second kappa shape index (κ2) is 6.06. The molecule has 19 heavy (non-hydrogen) atoms. The average Bonchev–Trinajstić information content (AvgIpc) is 3.21. The van der Waals surface area contributed by atoms with Crippen LogP contribution in [0, 0.1) is 5.92 Å². The van der Waals surface area contributed by atoms with Crippen molar-refractivity contribution in [3.05, 3.63) is 34.3 Å². The van der Waals surface area contributed by atoms with Crippen LogP contribution in [0.5, 0.6) is 0 Å². The molecular weight excluding hydrogens is 304 g/mol. The van der Waals surface area contributed by atoms with Gasteiger partial charge in [0, 0.05) is 17.4 Å². The van der Waals surface area contributed by atoms with Crippen LogP contribution in [0.25, 0.3) is 0 Å². The van der Waals surface area contributed by atoms with Gasteiger partial charge in [-0.15, -0.1) is 0 Å². The third-order valence-corrected chi connectivity index (χ3v) is 4.35. The Hall–Kier alpha value is -0.870. The molecule has 3 N–H and O–H groups in total.